The molecule has 11 heavy (non-hydrogen) atoms. The highest BCUT2D eigenvalue weighted by molar-refractivity contribution is 6.29. The van der Waals surface area contributed by atoms with E-state index in [0.717, 1.165) is 5.56 Å². The van der Waals surface area contributed by atoms with E-state index >= 15 is 0 Å². The van der Waals surface area contributed by atoms with Crippen LogP contribution in [0.5, 0.6) is 5.88 Å². The maximum Gasteiger partial charge on any atom is 0.299 e. The number of hydrogen-bond acceptors (Lipinski definition) is 3. The fraction of sp³-hybridized carbons (Fsp3) is 0.143. The Labute approximate surface area is 69.0 Å². The van der Waals surface area contributed by atoms with Crippen molar-refractivity contribution >= 4 is 18.1 Å². The first kappa shape index (κ1) is 8.01. The van der Waals surface area contributed by atoms with E-state index < -0.39 is 0 Å². The normalized spacial score (nSPS) is 9.27. The van der Waals surface area contributed by atoms with Crippen molar-refractivity contribution < 1.29 is 9.53 Å². The molecule has 0 atom stereocenters. The molecule has 0 saturated heterocycles. The standard InChI is InChI=1S/C7H6ClNO2/c1-5-2-6(8)9-7(3-5)11-4-10/h2-4H,1H3. The first-order valence-electron chi connectivity index (χ1n) is 2.97. The second-order valence-corrected chi connectivity index (χ2v) is 2.41. The van der Waals surface area contributed by atoms with E-state index in [4.69, 9.17) is 11.6 Å². The SMILES string of the molecule is Cc1cc(Cl)nc(OC=O)c1. The molecule has 0 unspecified atom stereocenters. The molecule has 1 rings (SSSR count). The van der Waals surface area contributed by atoms with Crippen LogP contribution in [0.25, 0.3) is 0 Å². The lowest BCUT2D eigenvalue weighted by molar-refractivity contribution is -0.120. The largest absolute Gasteiger partial charge is 0.410 e. The van der Waals surface area contributed by atoms with Crippen LogP contribution >= 0.6 is 11.6 Å². The summed E-state index contributed by atoms with van der Waals surface area (Å²) < 4.78 is 4.49. The van der Waals surface area contributed by atoms with Crippen molar-refractivity contribution in [3.63, 3.8) is 0 Å². The summed E-state index contributed by atoms with van der Waals surface area (Å²) in [5, 5.41) is 0.321. The Morgan fingerprint density at radius 3 is 2.91 bits per heavy atom. The highest BCUT2D eigenvalue weighted by atomic mass is 35.5. The minimum Gasteiger partial charge on any atom is -0.410 e. The predicted octanol–water partition coefficient (Wildman–Crippen LogP) is 1.58. The number of carbonyl (C=O) groups excluding carboxylic acids is 1. The van der Waals surface area contributed by atoms with Crippen molar-refractivity contribution in [3.8, 4) is 5.88 Å². The van der Waals surface area contributed by atoms with Gasteiger partial charge in [0.25, 0.3) is 6.47 Å². The Hall–Kier alpha value is -1.09. The first-order valence-corrected chi connectivity index (χ1v) is 3.34. The van der Waals surface area contributed by atoms with Crippen LogP contribution in [0.2, 0.25) is 5.15 Å². The summed E-state index contributed by atoms with van der Waals surface area (Å²) >= 11 is 5.58. The van der Waals surface area contributed by atoms with E-state index in [-0.39, 0.29) is 5.88 Å². The van der Waals surface area contributed by atoms with Crippen molar-refractivity contribution in [1.29, 1.82) is 0 Å². The lowest BCUT2D eigenvalue weighted by atomic mass is 10.3. The van der Waals surface area contributed by atoms with Gasteiger partial charge in [-0.25, -0.2) is 4.98 Å². The molecule has 0 saturated carbocycles. The Morgan fingerprint density at radius 1 is 1.64 bits per heavy atom. The van der Waals surface area contributed by atoms with Gasteiger partial charge in [-0.3, -0.25) is 4.79 Å². The van der Waals surface area contributed by atoms with Crippen LogP contribution in [0.15, 0.2) is 12.1 Å². The molecule has 3 nitrogen and oxygen atoms in total. The summed E-state index contributed by atoms with van der Waals surface area (Å²) in [6, 6.07) is 3.31. The average Bonchev–Trinajstić information content (AvgIpc) is 1.85. The molecule has 58 valence electrons. The first-order chi connectivity index (χ1) is 5.22. The molecule has 1 aromatic heterocycles. The Kier molecular flexibility index (Phi) is 2.44. The van der Waals surface area contributed by atoms with E-state index in [2.05, 4.69) is 9.72 Å². The molecule has 0 aliphatic rings. The Bertz CT molecular complexity index is 255. The zero-order valence-electron chi connectivity index (χ0n) is 5.87. The average molecular weight is 172 g/mol. The second kappa shape index (κ2) is 3.34. The zero-order valence-corrected chi connectivity index (χ0v) is 6.63. The third-order valence-electron chi connectivity index (χ3n) is 1.08. The molecule has 0 fully saturated rings. The maximum absolute atomic E-state index is 9.89. The summed E-state index contributed by atoms with van der Waals surface area (Å²) in [5.41, 5.74) is 0.904. The van der Waals surface area contributed by atoms with Crippen molar-refractivity contribution in [1.82, 2.24) is 4.98 Å². The summed E-state index contributed by atoms with van der Waals surface area (Å²) in [6.45, 7) is 2.16. The lowest BCUT2D eigenvalue weighted by Crippen LogP contribution is -1.92. The quantitative estimate of drug-likeness (QED) is 0.501. The van der Waals surface area contributed by atoms with Crippen molar-refractivity contribution in [2.75, 3.05) is 0 Å². The third kappa shape index (κ3) is 2.20. The number of hydrogen-bond donors (Lipinski definition) is 0. The summed E-state index contributed by atoms with van der Waals surface area (Å²) in [5.74, 6) is 0.227. The van der Waals surface area contributed by atoms with E-state index in [1.165, 1.54) is 0 Å². The van der Waals surface area contributed by atoms with E-state index in [1.54, 1.807) is 12.1 Å². The van der Waals surface area contributed by atoms with Gasteiger partial charge in [0.1, 0.15) is 5.15 Å². The number of halogens is 1. The number of aryl methyl sites for hydroxylation is 1. The van der Waals surface area contributed by atoms with E-state index in [1.807, 2.05) is 6.92 Å². The van der Waals surface area contributed by atoms with Crippen molar-refractivity contribution in [3.05, 3.63) is 22.8 Å². The zero-order chi connectivity index (χ0) is 8.27. The van der Waals surface area contributed by atoms with Crippen molar-refractivity contribution in [2.24, 2.45) is 0 Å². The van der Waals surface area contributed by atoms with Crippen LogP contribution < -0.4 is 4.74 Å². The van der Waals surface area contributed by atoms with Gasteiger partial charge in [-0.2, -0.15) is 0 Å². The molecule has 0 aliphatic heterocycles. The van der Waals surface area contributed by atoms with Gasteiger partial charge >= 0.3 is 0 Å². The molecule has 0 amide bonds. The molecule has 0 spiro atoms. The molecule has 0 N–H and O–H groups in total. The minimum atomic E-state index is 0.227. The molecule has 0 aliphatic carbocycles. The molecule has 4 heteroatoms. The van der Waals surface area contributed by atoms with Crippen LogP contribution in [0.4, 0.5) is 0 Å². The smallest absolute Gasteiger partial charge is 0.299 e. The van der Waals surface area contributed by atoms with E-state index in [9.17, 15) is 4.79 Å². The number of ether oxygens (including phenoxy) is 1. The number of rotatable bonds is 2. The molecular formula is C7H6ClNO2. The summed E-state index contributed by atoms with van der Waals surface area (Å²) in [4.78, 5) is 13.6. The monoisotopic (exact) mass is 171 g/mol. The number of nitrogens with zero attached hydrogens (tertiary/aromatic N) is 1. The van der Waals surface area contributed by atoms with Crippen LogP contribution in [-0.2, 0) is 4.79 Å². The lowest BCUT2D eigenvalue weighted by Gasteiger charge is -1.98. The van der Waals surface area contributed by atoms with Crippen LogP contribution in [-0.4, -0.2) is 11.5 Å². The number of carbonyl (C=O) groups is 1. The highest BCUT2D eigenvalue weighted by Gasteiger charge is 1.97. The Balaban J connectivity index is 2.98. The van der Waals surface area contributed by atoms with Crippen LogP contribution in [0.1, 0.15) is 5.56 Å². The molecule has 1 heterocycles. The molecule has 1 aromatic rings. The second-order valence-electron chi connectivity index (χ2n) is 2.02. The van der Waals surface area contributed by atoms with Gasteiger partial charge in [-0.05, 0) is 18.6 Å². The van der Waals surface area contributed by atoms with Gasteiger partial charge < -0.3 is 4.74 Å². The molecule has 0 bridgehead atoms. The highest BCUT2D eigenvalue weighted by Crippen LogP contribution is 2.14. The molecule has 0 aromatic carbocycles. The van der Waals surface area contributed by atoms with Gasteiger partial charge in [0.15, 0.2) is 0 Å². The molecular weight excluding hydrogens is 166 g/mol. The van der Waals surface area contributed by atoms with Gasteiger partial charge in [0, 0.05) is 6.07 Å². The maximum atomic E-state index is 9.89. The third-order valence-corrected chi connectivity index (χ3v) is 1.28. The minimum absolute atomic E-state index is 0.227. The van der Waals surface area contributed by atoms with Crippen LogP contribution in [0.3, 0.4) is 0 Å². The summed E-state index contributed by atoms with van der Waals surface area (Å²) in [6.07, 6.45) is 0. The van der Waals surface area contributed by atoms with Gasteiger partial charge in [0.05, 0.1) is 0 Å². The fourth-order valence-electron chi connectivity index (χ4n) is 0.704. The topological polar surface area (TPSA) is 39.2 Å². The van der Waals surface area contributed by atoms with Crippen LogP contribution in [0, 0.1) is 6.92 Å². The van der Waals surface area contributed by atoms with Gasteiger partial charge in [0.2, 0.25) is 5.88 Å². The van der Waals surface area contributed by atoms with Gasteiger partial charge in [-0.1, -0.05) is 11.6 Å². The number of aromatic nitrogens is 1. The number of pyridine rings is 1. The predicted molar refractivity (Wildman–Crippen MR) is 40.7 cm³/mol. The molecule has 0 radical (unpaired) electrons. The van der Waals surface area contributed by atoms with Gasteiger partial charge in [-0.15, -0.1) is 0 Å². The summed E-state index contributed by atoms with van der Waals surface area (Å²) in [7, 11) is 0. The van der Waals surface area contributed by atoms with E-state index in [0.29, 0.717) is 11.6 Å². The Morgan fingerprint density at radius 2 is 2.36 bits per heavy atom. The fourth-order valence-corrected chi connectivity index (χ4v) is 0.959. The van der Waals surface area contributed by atoms with Crippen molar-refractivity contribution in [2.45, 2.75) is 6.92 Å².